The number of amides is 1. The van der Waals surface area contributed by atoms with Gasteiger partial charge in [0, 0.05) is 42.5 Å². The van der Waals surface area contributed by atoms with E-state index >= 15 is 0 Å². The number of hydrogen-bond donors (Lipinski definition) is 4. The van der Waals surface area contributed by atoms with Gasteiger partial charge in [-0.1, -0.05) is 60.7 Å². The average molecular weight is 559 g/mol. The van der Waals surface area contributed by atoms with E-state index in [1.165, 1.54) is 0 Å². The van der Waals surface area contributed by atoms with Gasteiger partial charge in [-0.05, 0) is 54.5 Å². The fourth-order valence-corrected chi connectivity index (χ4v) is 6.62. The van der Waals surface area contributed by atoms with E-state index in [1.54, 1.807) is 24.3 Å². The van der Waals surface area contributed by atoms with Crippen molar-refractivity contribution >= 4 is 38.6 Å². The highest BCUT2D eigenvalue weighted by atomic mass is 32.2. The van der Waals surface area contributed by atoms with Gasteiger partial charge in [0.15, 0.2) is 5.96 Å². The molecule has 0 aliphatic carbocycles. The number of fused-ring (bicyclic) bond motifs is 1. The number of rotatable bonds is 9. The highest BCUT2D eigenvalue weighted by molar-refractivity contribution is 7.92. The molecule has 1 aliphatic heterocycles. The molecule has 208 valence electrons. The molecule has 0 saturated carbocycles. The Balaban J connectivity index is 1.53. The van der Waals surface area contributed by atoms with E-state index < -0.39 is 15.9 Å². The van der Waals surface area contributed by atoms with Crippen LogP contribution in [0.2, 0.25) is 0 Å². The number of primary amides is 1. The second kappa shape index (κ2) is 11.4. The summed E-state index contributed by atoms with van der Waals surface area (Å²) in [4.78, 5) is 13.7. The molecule has 1 saturated heterocycles. The van der Waals surface area contributed by atoms with Gasteiger partial charge in [0.1, 0.15) is 5.82 Å². The van der Waals surface area contributed by atoms with Crippen LogP contribution in [0.1, 0.15) is 24.8 Å². The fraction of sp³-hybridized carbons (Fsp3) is 0.267. The summed E-state index contributed by atoms with van der Waals surface area (Å²) in [5.41, 5.74) is 14.8. The lowest BCUT2D eigenvalue weighted by atomic mass is 9.98. The van der Waals surface area contributed by atoms with Crippen molar-refractivity contribution in [2.75, 3.05) is 17.8 Å². The lowest BCUT2D eigenvalue weighted by Crippen LogP contribution is -2.44. The Morgan fingerprint density at radius 3 is 2.33 bits per heavy atom. The van der Waals surface area contributed by atoms with Gasteiger partial charge >= 0.3 is 0 Å². The Morgan fingerprint density at radius 1 is 0.950 bits per heavy atom. The number of anilines is 1. The number of carbonyl (C=O) groups is 1. The summed E-state index contributed by atoms with van der Waals surface area (Å²) >= 11 is 0. The van der Waals surface area contributed by atoms with E-state index in [9.17, 15) is 13.2 Å². The first-order valence-electron chi connectivity index (χ1n) is 13.4. The minimum Gasteiger partial charge on any atom is -0.370 e. The molecule has 1 aliphatic rings. The molecule has 5 rings (SSSR count). The first-order chi connectivity index (χ1) is 19.2. The minimum absolute atomic E-state index is 0.0455. The number of hydrogen-bond acceptors (Lipinski definition) is 4. The van der Waals surface area contributed by atoms with Gasteiger partial charge in [-0.3, -0.25) is 14.9 Å². The zero-order valence-corrected chi connectivity index (χ0v) is 23.0. The topological polar surface area (TPSA) is 147 Å². The van der Waals surface area contributed by atoms with Gasteiger partial charge in [-0.25, -0.2) is 8.42 Å². The van der Waals surface area contributed by atoms with Crippen molar-refractivity contribution in [3.05, 3.63) is 84.4 Å². The zero-order valence-electron chi connectivity index (χ0n) is 22.2. The van der Waals surface area contributed by atoms with Crippen molar-refractivity contribution in [1.29, 1.82) is 5.41 Å². The molecule has 4 aromatic rings. The standard InChI is InChI=1S/C30H34N6O3S/c31-28(37)17-16-26-25-10-4-5-11-27(25)36(20-21-7-6-18-35(19-21)30(32)33)29(26)34-40(38,39)24-14-12-23(13-15-24)22-8-2-1-3-9-22/h1-5,8-15,21,34H,6-7,16-20H2,(H2,31,37)(H3,32,33)/t21-/m1/s1. The molecular formula is C30H34N6O3S. The Bertz CT molecular complexity index is 1630. The quantitative estimate of drug-likeness (QED) is 0.180. The summed E-state index contributed by atoms with van der Waals surface area (Å²) in [5, 5.41) is 8.75. The van der Waals surface area contributed by atoms with Crippen LogP contribution in [-0.2, 0) is 27.8 Å². The molecule has 1 fully saturated rings. The van der Waals surface area contributed by atoms with Crippen molar-refractivity contribution in [3.8, 4) is 11.1 Å². The minimum atomic E-state index is -3.96. The summed E-state index contributed by atoms with van der Waals surface area (Å²) < 4.78 is 32.3. The molecule has 3 aromatic carbocycles. The van der Waals surface area contributed by atoms with Crippen molar-refractivity contribution in [3.63, 3.8) is 0 Å². The maximum atomic E-state index is 13.7. The van der Waals surface area contributed by atoms with Crippen LogP contribution in [0.25, 0.3) is 22.0 Å². The number of aryl methyl sites for hydroxylation is 1. The number of piperidine rings is 1. The van der Waals surface area contributed by atoms with Crippen LogP contribution in [0.15, 0.2) is 83.8 Å². The molecule has 0 bridgehead atoms. The Labute approximate surface area is 234 Å². The first-order valence-corrected chi connectivity index (χ1v) is 14.9. The van der Waals surface area contributed by atoms with Crippen LogP contribution in [0, 0.1) is 11.3 Å². The van der Waals surface area contributed by atoms with Crippen LogP contribution in [-0.4, -0.2) is 42.8 Å². The number of guanidine groups is 1. The normalized spacial score (nSPS) is 15.7. The lowest BCUT2D eigenvalue weighted by Gasteiger charge is -2.33. The summed E-state index contributed by atoms with van der Waals surface area (Å²) in [5.74, 6) is 0.191. The molecule has 1 amide bonds. The number of nitrogens with zero attached hydrogens (tertiary/aromatic N) is 2. The number of likely N-dealkylation sites (tertiary alicyclic amines) is 1. The molecule has 0 radical (unpaired) electrons. The zero-order chi connectivity index (χ0) is 28.3. The van der Waals surface area contributed by atoms with Gasteiger partial charge in [0.2, 0.25) is 5.91 Å². The number of carbonyl (C=O) groups excluding carboxylic acids is 1. The largest absolute Gasteiger partial charge is 0.370 e. The molecule has 40 heavy (non-hydrogen) atoms. The Kier molecular flexibility index (Phi) is 7.79. The highest BCUT2D eigenvalue weighted by Gasteiger charge is 2.27. The SMILES string of the molecule is N=C(N)N1CCC[C@@H](Cn2c(NS(=O)(=O)c3ccc(-c4ccccc4)cc3)c(CCC(N)=O)c3ccccc32)C1. The van der Waals surface area contributed by atoms with E-state index in [2.05, 4.69) is 4.72 Å². The third kappa shape index (κ3) is 5.81. The number of aromatic nitrogens is 1. The van der Waals surface area contributed by atoms with Crippen LogP contribution < -0.4 is 16.2 Å². The molecule has 1 atom stereocenters. The van der Waals surface area contributed by atoms with E-state index in [1.807, 2.05) is 64.1 Å². The Morgan fingerprint density at radius 2 is 1.62 bits per heavy atom. The number of sulfonamides is 1. The second-order valence-electron chi connectivity index (χ2n) is 10.3. The molecule has 0 unspecified atom stereocenters. The number of nitrogens with one attached hydrogen (secondary N) is 2. The molecule has 0 spiro atoms. The highest BCUT2D eigenvalue weighted by Crippen LogP contribution is 2.35. The molecule has 10 heteroatoms. The van der Waals surface area contributed by atoms with Crippen LogP contribution in [0.5, 0.6) is 0 Å². The second-order valence-corrected chi connectivity index (χ2v) is 11.9. The molecular weight excluding hydrogens is 524 g/mol. The molecule has 6 N–H and O–H groups in total. The van der Waals surface area contributed by atoms with Crippen LogP contribution in [0.3, 0.4) is 0 Å². The van der Waals surface area contributed by atoms with Gasteiger partial charge < -0.3 is 20.9 Å². The first kappa shape index (κ1) is 27.3. The van der Waals surface area contributed by atoms with E-state index in [0.717, 1.165) is 47.0 Å². The number of nitrogens with two attached hydrogens (primary N) is 2. The van der Waals surface area contributed by atoms with Crippen molar-refractivity contribution in [2.45, 2.75) is 37.1 Å². The monoisotopic (exact) mass is 558 g/mol. The van der Waals surface area contributed by atoms with Gasteiger partial charge in [0.25, 0.3) is 10.0 Å². The van der Waals surface area contributed by atoms with Gasteiger partial charge in [0.05, 0.1) is 4.90 Å². The number of benzene rings is 3. The van der Waals surface area contributed by atoms with Crippen LogP contribution in [0.4, 0.5) is 5.82 Å². The fourth-order valence-electron chi connectivity index (χ4n) is 5.52. The van der Waals surface area contributed by atoms with Crippen LogP contribution >= 0.6 is 0 Å². The summed E-state index contributed by atoms with van der Waals surface area (Å²) in [6.07, 6.45) is 2.22. The number of para-hydroxylation sites is 1. The van der Waals surface area contributed by atoms with Crippen molar-refractivity contribution in [2.24, 2.45) is 17.4 Å². The predicted molar refractivity (Wildman–Crippen MR) is 158 cm³/mol. The van der Waals surface area contributed by atoms with Gasteiger partial charge in [-0.2, -0.15) is 0 Å². The predicted octanol–water partition coefficient (Wildman–Crippen LogP) is 4.13. The summed E-state index contributed by atoms with van der Waals surface area (Å²) in [6, 6.07) is 24.3. The summed E-state index contributed by atoms with van der Waals surface area (Å²) in [6.45, 7) is 1.89. The van der Waals surface area contributed by atoms with E-state index in [-0.39, 0.29) is 23.2 Å². The lowest BCUT2D eigenvalue weighted by molar-refractivity contribution is -0.117. The summed E-state index contributed by atoms with van der Waals surface area (Å²) in [7, 11) is -3.96. The Hall–Kier alpha value is -4.31. The maximum absolute atomic E-state index is 13.7. The third-order valence-corrected chi connectivity index (χ3v) is 8.86. The van der Waals surface area contributed by atoms with Crippen molar-refractivity contribution in [1.82, 2.24) is 9.47 Å². The van der Waals surface area contributed by atoms with Crippen molar-refractivity contribution < 1.29 is 13.2 Å². The van der Waals surface area contributed by atoms with E-state index in [0.29, 0.717) is 25.3 Å². The van der Waals surface area contributed by atoms with E-state index in [4.69, 9.17) is 16.9 Å². The van der Waals surface area contributed by atoms with Gasteiger partial charge in [-0.15, -0.1) is 0 Å². The molecule has 2 heterocycles. The third-order valence-electron chi connectivity index (χ3n) is 7.50. The molecule has 1 aromatic heterocycles. The average Bonchev–Trinajstić information content (AvgIpc) is 3.23. The molecule has 9 nitrogen and oxygen atoms in total. The maximum Gasteiger partial charge on any atom is 0.263 e. The smallest absolute Gasteiger partial charge is 0.263 e.